The minimum atomic E-state index is 0.277. The molecule has 1 aromatic carbocycles. The lowest BCUT2D eigenvalue weighted by Gasteiger charge is -2.07. The lowest BCUT2D eigenvalue weighted by atomic mass is 10.2. The fourth-order valence-electron chi connectivity index (χ4n) is 1.55. The summed E-state index contributed by atoms with van der Waals surface area (Å²) in [5, 5.41) is 11.9. The van der Waals surface area contributed by atoms with E-state index in [0.29, 0.717) is 0 Å². The van der Waals surface area contributed by atoms with Crippen molar-refractivity contribution < 1.29 is 9.84 Å². The molecule has 0 aliphatic heterocycles. The van der Waals surface area contributed by atoms with Crippen molar-refractivity contribution in [2.75, 3.05) is 19.8 Å². The molecule has 1 aromatic rings. The molecule has 0 unspecified atom stereocenters. The Morgan fingerprint density at radius 1 is 1.12 bits per heavy atom. The maximum absolute atomic E-state index is 8.64. The maximum atomic E-state index is 8.64. The summed E-state index contributed by atoms with van der Waals surface area (Å²) in [5.74, 6) is 0.925. The number of benzene rings is 1. The molecule has 0 heterocycles. The molecule has 0 saturated heterocycles. The zero-order valence-electron chi connectivity index (χ0n) is 10.6. The summed E-state index contributed by atoms with van der Waals surface area (Å²) in [4.78, 5) is 0. The highest BCUT2D eigenvalue weighted by Gasteiger charge is 1.95. The molecule has 0 atom stereocenters. The molecule has 2 N–H and O–H groups in total. The number of aliphatic hydroxyl groups is 1. The van der Waals surface area contributed by atoms with Gasteiger partial charge in [-0.05, 0) is 43.5 Å². The lowest BCUT2D eigenvalue weighted by Crippen LogP contribution is -2.11. The maximum Gasteiger partial charge on any atom is 0.119 e. The van der Waals surface area contributed by atoms with E-state index >= 15 is 0 Å². The first-order valence-corrected chi connectivity index (χ1v) is 6.40. The van der Waals surface area contributed by atoms with Crippen LogP contribution in [0.4, 0.5) is 0 Å². The second-order valence-electron chi connectivity index (χ2n) is 4.06. The number of nitrogens with one attached hydrogen (secondary N) is 1. The van der Waals surface area contributed by atoms with Crippen LogP contribution in [0.2, 0.25) is 0 Å². The van der Waals surface area contributed by atoms with Crippen molar-refractivity contribution in [2.45, 2.75) is 32.7 Å². The van der Waals surface area contributed by atoms with Crippen molar-refractivity contribution in [1.82, 2.24) is 5.32 Å². The van der Waals surface area contributed by atoms with Crippen LogP contribution in [0, 0.1) is 0 Å². The van der Waals surface area contributed by atoms with Gasteiger partial charge in [-0.2, -0.15) is 0 Å². The highest BCUT2D eigenvalue weighted by Crippen LogP contribution is 2.12. The summed E-state index contributed by atoms with van der Waals surface area (Å²) in [6.07, 6.45) is 2.89. The van der Waals surface area contributed by atoms with E-state index in [2.05, 4.69) is 24.4 Å². The van der Waals surface area contributed by atoms with E-state index in [0.717, 1.165) is 44.7 Å². The monoisotopic (exact) mass is 237 g/mol. The van der Waals surface area contributed by atoms with Gasteiger partial charge in [-0.15, -0.1) is 0 Å². The van der Waals surface area contributed by atoms with E-state index < -0.39 is 0 Å². The van der Waals surface area contributed by atoms with E-state index in [4.69, 9.17) is 9.84 Å². The minimum Gasteiger partial charge on any atom is -0.494 e. The van der Waals surface area contributed by atoms with Gasteiger partial charge in [-0.3, -0.25) is 0 Å². The molecule has 0 amide bonds. The molecule has 3 nitrogen and oxygen atoms in total. The van der Waals surface area contributed by atoms with Gasteiger partial charge in [0.05, 0.1) is 6.61 Å². The smallest absolute Gasteiger partial charge is 0.119 e. The van der Waals surface area contributed by atoms with Crippen LogP contribution in [0.25, 0.3) is 0 Å². The van der Waals surface area contributed by atoms with Crippen molar-refractivity contribution >= 4 is 0 Å². The van der Waals surface area contributed by atoms with Crippen molar-refractivity contribution in [3.63, 3.8) is 0 Å². The van der Waals surface area contributed by atoms with Gasteiger partial charge in [0.2, 0.25) is 0 Å². The van der Waals surface area contributed by atoms with Crippen LogP contribution in [-0.2, 0) is 6.54 Å². The van der Waals surface area contributed by atoms with Crippen LogP contribution in [-0.4, -0.2) is 24.9 Å². The molecule has 96 valence electrons. The Kier molecular flexibility index (Phi) is 7.43. The Morgan fingerprint density at radius 3 is 2.53 bits per heavy atom. The average molecular weight is 237 g/mol. The Hall–Kier alpha value is -1.06. The number of rotatable bonds is 9. The summed E-state index contributed by atoms with van der Waals surface area (Å²) in [6, 6.07) is 8.20. The van der Waals surface area contributed by atoms with Gasteiger partial charge in [-0.25, -0.2) is 0 Å². The van der Waals surface area contributed by atoms with Crippen molar-refractivity contribution in [1.29, 1.82) is 0 Å². The highest BCUT2D eigenvalue weighted by molar-refractivity contribution is 5.27. The summed E-state index contributed by atoms with van der Waals surface area (Å²) in [6.45, 7) is 5.01. The standard InChI is InChI=1S/C14H23NO2/c1-2-15-12-13-6-8-14(9-7-13)17-11-5-3-4-10-16/h6-9,15-16H,2-5,10-12H2,1H3. The molecular weight excluding hydrogens is 214 g/mol. The third-order valence-corrected chi connectivity index (χ3v) is 2.57. The molecule has 1 rings (SSSR count). The molecule has 0 bridgehead atoms. The van der Waals surface area contributed by atoms with Crippen LogP contribution >= 0.6 is 0 Å². The fourth-order valence-corrected chi connectivity index (χ4v) is 1.55. The lowest BCUT2D eigenvalue weighted by molar-refractivity contribution is 0.266. The van der Waals surface area contributed by atoms with E-state index in [-0.39, 0.29) is 6.61 Å². The van der Waals surface area contributed by atoms with Gasteiger partial charge in [0.15, 0.2) is 0 Å². The van der Waals surface area contributed by atoms with Crippen LogP contribution in [0.15, 0.2) is 24.3 Å². The molecule has 0 fully saturated rings. The van der Waals surface area contributed by atoms with Gasteiger partial charge in [0.25, 0.3) is 0 Å². The first-order chi connectivity index (χ1) is 8.36. The number of unbranched alkanes of at least 4 members (excludes halogenated alkanes) is 2. The molecule has 0 saturated carbocycles. The van der Waals surface area contributed by atoms with Crippen LogP contribution < -0.4 is 10.1 Å². The Morgan fingerprint density at radius 2 is 1.88 bits per heavy atom. The fraction of sp³-hybridized carbons (Fsp3) is 0.571. The minimum absolute atomic E-state index is 0.277. The van der Waals surface area contributed by atoms with E-state index in [1.54, 1.807) is 0 Å². The second kappa shape index (κ2) is 9.02. The number of aliphatic hydroxyl groups excluding tert-OH is 1. The number of hydrogen-bond donors (Lipinski definition) is 2. The van der Waals surface area contributed by atoms with E-state index in [1.165, 1.54) is 5.56 Å². The van der Waals surface area contributed by atoms with Crippen molar-refractivity contribution in [2.24, 2.45) is 0 Å². The topological polar surface area (TPSA) is 41.5 Å². The Labute approximate surface area is 104 Å². The molecule has 17 heavy (non-hydrogen) atoms. The zero-order chi connectivity index (χ0) is 12.3. The molecule has 3 heteroatoms. The first-order valence-electron chi connectivity index (χ1n) is 6.40. The van der Waals surface area contributed by atoms with E-state index in [1.807, 2.05) is 12.1 Å². The normalized spacial score (nSPS) is 10.5. The summed E-state index contributed by atoms with van der Waals surface area (Å²) < 4.78 is 5.61. The third kappa shape index (κ3) is 6.29. The predicted molar refractivity (Wildman–Crippen MR) is 70.3 cm³/mol. The van der Waals surface area contributed by atoms with Crippen LogP contribution in [0.5, 0.6) is 5.75 Å². The molecular formula is C14H23NO2. The van der Waals surface area contributed by atoms with Gasteiger partial charge >= 0.3 is 0 Å². The molecule has 0 aliphatic rings. The van der Waals surface area contributed by atoms with Crippen LogP contribution in [0.1, 0.15) is 31.7 Å². The number of hydrogen-bond acceptors (Lipinski definition) is 3. The van der Waals surface area contributed by atoms with Crippen molar-refractivity contribution in [3.05, 3.63) is 29.8 Å². The molecule has 0 aromatic heterocycles. The summed E-state index contributed by atoms with van der Waals surface area (Å²) in [5.41, 5.74) is 1.28. The molecule has 0 radical (unpaired) electrons. The van der Waals surface area contributed by atoms with Crippen LogP contribution in [0.3, 0.4) is 0 Å². The Bertz CT molecular complexity index is 285. The van der Waals surface area contributed by atoms with E-state index in [9.17, 15) is 0 Å². The number of ether oxygens (including phenoxy) is 1. The zero-order valence-corrected chi connectivity index (χ0v) is 10.6. The van der Waals surface area contributed by atoms with Gasteiger partial charge < -0.3 is 15.2 Å². The van der Waals surface area contributed by atoms with Gasteiger partial charge in [0.1, 0.15) is 5.75 Å². The Balaban J connectivity index is 2.20. The largest absolute Gasteiger partial charge is 0.494 e. The van der Waals surface area contributed by atoms with Crippen molar-refractivity contribution in [3.8, 4) is 5.75 Å². The quantitative estimate of drug-likeness (QED) is 0.648. The van der Waals surface area contributed by atoms with Gasteiger partial charge in [-0.1, -0.05) is 19.1 Å². The second-order valence-corrected chi connectivity index (χ2v) is 4.06. The molecule has 0 spiro atoms. The summed E-state index contributed by atoms with van der Waals surface area (Å²) >= 11 is 0. The third-order valence-electron chi connectivity index (χ3n) is 2.57. The first kappa shape index (κ1) is 14.0. The highest BCUT2D eigenvalue weighted by atomic mass is 16.5. The SMILES string of the molecule is CCNCc1ccc(OCCCCCO)cc1. The summed E-state index contributed by atoms with van der Waals surface area (Å²) in [7, 11) is 0. The average Bonchev–Trinajstić information content (AvgIpc) is 2.37. The van der Waals surface area contributed by atoms with Gasteiger partial charge in [0, 0.05) is 13.2 Å². The predicted octanol–water partition coefficient (Wildman–Crippen LogP) is 2.34. The molecule has 0 aliphatic carbocycles.